The second-order valence-corrected chi connectivity index (χ2v) is 6.84. The van der Waals surface area contributed by atoms with Crippen molar-refractivity contribution in [2.45, 2.75) is 58.4 Å². The van der Waals surface area contributed by atoms with Gasteiger partial charge in [0.15, 0.2) is 5.96 Å². The number of carbonyl (C=O) groups excluding carboxylic acids is 1. The number of amides is 1. The van der Waals surface area contributed by atoms with E-state index in [2.05, 4.69) is 22.5 Å². The molecule has 0 aliphatic carbocycles. The number of nitrogens with zero attached hydrogens (tertiary/aromatic N) is 3. The molecule has 6 heteroatoms. The minimum atomic E-state index is 0.253. The maximum absolute atomic E-state index is 11.8. The van der Waals surface area contributed by atoms with Gasteiger partial charge < -0.3 is 20.4 Å². The Hall–Kier alpha value is -1.30. The summed E-state index contributed by atoms with van der Waals surface area (Å²) in [6, 6.07) is 0.322. The lowest BCUT2D eigenvalue weighted by molar-refractivity contribution is -0.129. The molecule has 2 N–H and O–H groups in total. The number of carbonyl (C=O) groups is 1. The van der Waals surface area contributed by atoms with Gasteiger partial charge in [0.1, 0.15) is 0 Å². The van der Waals surface area contributed by atoms with Crippen LogP contribution in [0.5, 0.6) is 0 Å². The molecule has 6 nitrogen and oxygen atoms in total. The maximum Gasteiger partial charge on any atom is 0.222 e. The molecule has 0 bridgehead atoms. The first-order valence-corrected chi connectivity index (χ1v) is 9.78. The van der Waals surface area contributed by atoms with Crippen LogP contribution in [0.3, 0.4) is 0 Å². The molecule has 0 spiro atoms. The van der Waals surface area contributed by atoms with Crippen LogP contribution < -0.4 is 10.6 Å². The molecule has 0 radical (unpaired) electrons. The van der Waals surface area contributed by atoms with E-state index in [4.69, 9.17) is 4.99 Å². The standard InChI is InChI=1S/C18H35N5O/c1-3-17(24)23-14-9-16(15-23)21-18(19-4-2)20-10-5-6-11-22-12-7-8-13-22/h16H,3-15H2,1-2H3,(H2,19,20,21). The topological polar surface area (TPSA) is 60.0 Å². The third-order valence-electron chi connectivity index (χ3n) is 4.88. The van der Waals surface area contributed by atoms with Gasteiger partial charge in [-0.1, -0.05) is 6.92 Å². The third-order valence-corrected chi connectivity index (χ3v) is 4.88. The zero-order chi connectivity index (χ0) is 17.2. The third kappa shape index (κ3) is 6.30. The van der Waals surface area contributed by atoms with E-state index in [0.717, 1.165) is 45.0 Å². The Morgan fingerprint density at radius 2 is 1.96 bits per heavy atom. The summed E-state index contributed by atoms with van der Waals surface area (Å²) in [4.78, 5) is 21.0. The lowest BCUT2D eigenvalue weighted by Gasteiger charge is -2.18. The van der Waals surface area contributed by atoms with Crippen LogP contribution in [0.1, 0.15) is 52.4 Å². The first-order chi connectivity index (χ1) is 11.7. The molecule has 1 atom stereocenters. The summed E-state index contributed by atoms with van der Waals surface area (Å²) in [6.07, 6.45) is 6.70. The average molecular weight is 338 g/mol. The zero-order valence-corrected chi connectivity index (χ0v) is 15.5. The predicted molar refractivity (Wildman–Crippen MR) is 99.3 cm³/mol. The van der Waals surface area contributed by atoms with Crippen molar-refractivity contribution in [3.63, 3.8) is 0 Å². The van der Waals surface area contributed by atoms with Crippen LogP contribution in [0.15, 0.2) is 4.99 Å². The summed E-state index contributed by atoms with van der Waals surface area (Å²) in [6.45, 7) is 11.2. The summed E-state index contributed by atoms with van der Waals surface area (Å²) < 4.78 is 0. The molecular formula is C18H35N5O. The van der Waals surface area contributed by atoms with Crippen molar-refractivity contribution in [1.82, 2.24) is 20.4 Å². The summed E-state index contributed by atoms with van der Waals surface area (Å²) in [5, 5.41) is 6.82. The van der Waals surface area contributed by atoms with E-state index in [9.17, 15) is 4.79 Å². The van der Waals surface area contributed by atoms with Gasteiger partial charge >= 0.3 is 0 Å². The van der Waals surface area contributed by atoms with E-state index < -0.39 is 0 Å². The molecule has 138 valence electrons. The van der Waals surface area contributed by atoms with Gasteiger partial charge in [0.25, 0.3) is 0 Å². The average Bonchev–Trinajstić information content (AvgIpc) is 3.25. The molecule has 0 aromatic heterocycles. The Labute approximate surface area is 147 Å². The van der Waals surface area contributed by atoms with Crippen molar-refractivity contribution >= 4 is 11.9 Å². The highest BCUT2D eigenvalue weighted by molar-refractivity contribution is 5.80. The van der Waals surface area contributed by atoms with Crippen molar-refractivity contribution in [2.75, 3.05) is 45.8 Å². The number of nitrogens with one attached hydrogen (secondary N) is 2. The largest absolute Gasteiger partial charge is 0.357 e. The number of hydrogen-bond donors (Lipinski definition) is 2. The van der Waals surface area contributed by atoms with Crippen molar-refractivity contribution < 1.29 is 4.79 Å². The van der Waals surface area contributed by atoms with Crippen LogP contribution in [0, 0.1) is 0 Å². The molecule has 24 heavy (non-hydrogen) atoms. The molecule has 0 aromatic rings. The molecular weight excluding hydrogens is 302 g/mol. The fourth-order valence-electron chi connectivity index (χ4n) is 3.49. The number of unbranched alkanes of at least 4 members (excludes halogenated alkanes) is 1. The number of hydrogen-bond acceptors (Lipinski definition) is 3. The molecule has 2 rings (SSSR count). The van der Waals surface area contributed by atoms with Crippen LogP contribution in [0.2, 0.25) is 0 Å². The van der Waals surface area contributed by atoms with Crippen LogP contribution >= 0.6 is 0 Å². The first-order valence-electron chi connectivity index (χ1n) is 9.78. The van der Waals surface area contributed by atoms with E-state index >= 15 is 0 Å². The van der Waals surface area contributed by atoms with Crippen LogP contribution in [0.4, 0.5) is 0 Å². The lowest BCUT2D eigenvalue weighted by atomic mass is 10.2. The van der Waals surface area contributed by atoms with E-state index in [-0.39, 0.29) is 5.91 Å². The summed E-state index contributed by atoms with van der Waals surface area (Å²) in [5.41, 5.74) is 0. The molecule has 2 aliphatic rings. The van der Waals surface area contributed by atoms with Crippen molar-refractivity contribution in [3.05, 3.63) is 0 Å². The van der Waals surface area contributed by atoms with E-state index in [1.165, 1.54) is 38.9 Å². The number of rotatable bonds is 8. The molecule has 2 heterocycles. The smallest absolute Gasteiger partial charge is 0.222 e. The summed E-state index contributed by atoms with van der Waals surface area (Å²) in [7, 11) is 0. The molecule has 2 fully saturated rings. The van der Waals surface area contributed by atoms with Crippen LogP contribution in [-0.4, -0.2) is 73.5 Å². The monoisotopic (exact) mass is 337 g/mol. The highest BCUT2D eigenvalue weighted by Crippen LogP contribution is 2.10. The highest BCUT2D eigenvalue weighted by Gasteiger charge is 2.25. The van der Waals surface area contributed by atoms with E-state index in [0.29, 0.717) is 12.5 Å². The van der Waals surface area contributed by atoms with Crippen molar-refractivity contribution in [2.24, 2.45) is 4.99 Å². The predicted octanol–water partition coefficient (Wildman–Crippen LogP) is 1.43. The fourth-order valence-corrected chi connectivity index (χ4v) is 3.49. The Bertz CT molecular complexity index is 406. The van der Waals surface area contributed by atoms with Gasteiger partial charge in [-0.25, -0.2) is 0 Å². The SMILES string of the molecule is CCNC(=NCCCCN1CCCC1)NC1CCN(C(=O)CC)C1. The maximum atomic E-state index is 11.8. The highest BCUT2D eigenvalue weighted by atomic mass is 16.2. The summed E-state index contributed by atoms with van der Waals surface area (Å²) in [5.74, 6) is 1.15. The van der Waals surface area contributed by atoms with E-state index in [1.54, 1.807) is 0 Å². The first kappa shape index (κ1) is 19.0. The molecule has 0 aromatic carbocycles. The Balaban J connectivity index is 1.67. The van der Waals surface area contributed by atoms with Crippen LogP contribution in [-0.2, 0) is 4.79 Å². The molecule has 1 unspecified atom stereocenters. The number of aliphatic imine (C=N–C) groups is 1. The minimum absolute atomic E-state index is 0.253. The van der Waals surface area contributed by atoms with Gasteiger partial charge in [-0.3, -0.25) is 9.79 Å². The fraction of sp³-hybridized carbons (Fsp3) is 0.889. The van der Waals surface area contributed by atoms with Gasteiger partial charge in [0.2, 0.25) is 5.91 Å². The van der Waals surface area contributed by atoms with Crippen LogP contribution in [0.25, 0.3) is 0 Å². The van der Waals surface area contributed by atoms with Gasteiger partial charge in [0.05, 0.1) is 0 Å². The Morgan fingerprint density at radius 3 is 2.67 bits per heavy atom. The van der Waals surface area contributed by atoms with Gasteiger partial charge in [-0.15, -0.1) is 0 Å². The molecule has 0 saturated carbocycles. The van der Waals surface area contributed by atoms with Crippen molar-refractivity contribution in [3.8, 4) is 0 Å². The quantitative estimate of drug-likeness (QED) is 0.400. The minimum Gasteiger partial charge on any atom is -0.357 e. The second kappa shape index (κ2) is 10.5. The summed E-state index contributed by atoms with van der Waals surface area (Å²) >= 11 is 0. The molecule has 2 aliphatic heterocycles. The molecule has 1 amide bonds. The lowest BCUT2D eigenvalue weighted by Crippen LogP contribution is -2.45. The Morgan fingerprint density at radius 1 is 1.17 bits per heavy atom. The number of guanidine groups is 1. The van der Waals surface area contributed by atoms with Gasteiger partial charge in [-0.05, 0) is 58.7 Å². The zero-order valence-electron chi connectivity index (χ0n) is 15.5. The Kier molecular flexibility index (Phi) is 8.36. The van der Waals surface area contributed by atoms with Crippen molar-refractivity contribution in [1.29, 1.82) is 0 Å². The second-order valence-electron chi connectivity index (χ2n) is 6.84. The molecule has 2 saturated heterocycles. The normalized spacial score (nSPS) is 22.2. The van der Waals surface area contributed by atoms with Gasteiger partial charge in [-0.2, -0.15) is 0 Å². The van der Waals surface area contributed by atoms with Gasteiger partial charge in [0, 0.05) is 38.6 Å². The van der Waals surface area contributed by atoms with E-state index in [1.807, 2.05) is 11.8 Å². The number of likely N-dealkylation sites (tertiary alicyclic amines) is 2.